The quantitative estimate of drug-likeness (QED) is 0.317. The molecule has 0 aliphatic carbocycles. The summed E-state index contributed by atoms with van der Waals surface area (Å²) in [5.74, 6) is 0. The van der Waals surface area contributed by atoms with E-state index in [0.717, 1.165) is 17.8 Å². The van der Waals surface area contributed by atoms with E-state index in [1.165, 1.54) is 22.3 Å². The highest BCUT2D eigenvalue weighted by atomic mass is 14.9. The van der Waals surface area contributed by atoms with Crippen LogP contribution in [0.1, 0.15) is 56.4 Å². The maximum Gasteiger partial charge on any atom is 0.0384 e. The zero-order chi connectivity index (χ0) is 22.6. The minimum absolute atomic E-state index is 0.0183. The Balaban J connectivity index is 1.51. The van der Waals surface area contributed by atoms with Crippen LogP contribution in [0.4, 0.5) is 11.4 Å². The van der Waals surface area contributed by atoms with E-state index in [2.05, 4.69) is 142 Å². The molecule has 0 aliphatic rings. The summed E-state index contributed by atoms with van der Waals surface area (Å²) in [5.41, 5.74) is 7.55. The van der Waals surface area contributed by atoms with Crippen LogP contribution >= 0.6 is 0 Å². The van der Waals surface area contributed by atoms with Crippen molar-refractivity contribution in [1.29, 1.82) is 0 Å². The molecule has 162 valence electrons. The van der Waals surface area contributed by atoms with Gasteiger partial charge in [-0.25, -0.2) is 0 Å². The Hall–Kier alpha value is -3.32. The van der Waals surface area contributed by atoms with Gasteiger partial charge in [-0.3, -0.25) is 0 Å². The number of hydrogen-bond donors (Lipinski definition) is 1. The van der Waals surface area contributed by atoms with E-state index < -0.39 is 0 Å². The van der Waals surface area contributed by atoms with Crippen LogP contribution < -0.4 is 5.32 Å². The largest absolute Gasteiger partial charge is 0.356 e. The molecule has 0 fully saturated rings. The third kappa shape index (κ3) is 4.34. The summed E-state index contributed by atoms with van der Waals surface area (Å²) in [6.45, 7) is 9.15. The van der Waals surface area contributed by atoms with Gasteiger partial charge in [0.1, 0.15) is 0 Å². The van der Waals surface area contributed by atoms with Crippen molar-refractivity contribution in [2.75, 3.05) is 5.32 Å². The SMILES string of the molecule is CCC(C)(c1ccccc1)c1ccc(Nc2ccc(C(C)(C)c3ccccc3)cc2)cc1. The lowest BCUT2D eigenvalue weighted by Crippen LogP contribution is -2.22. The first-order valence-corrected chi connectivity index (χ1v) is 11.5. The third-order valence-electron chi connectivity index (χ3n) is 7.03. The molecule has 0 amide bonds. The second-order valence-electron chi connectivity index (χ2n) is 9.32. The van der Waals surface area contributed by atoms with Gasteiger partial charge in [0, 0.05) is 22.2 Å². The molecule has 1 atom stereocenters. The van der Waals surface area contributed by atoms with E-state index in [-0.39, 0.29) is 10.8 Å². The fourth-order valence-corrected chi connectivity index (χ4v) is 4.46. The van der Waals surface area contributed by atoms with Crippen molar-refractivity contribution in [3.05, 3.63) is 131 Å². The highest BCUT2D eigenvalue weighted by Crippen LogP contribution is 2.36. The molecule has 4 aromatic carbocycles. The van der Waals surface area contributed by atoms with Crippen LogP contribution in [0.15, 0.2) is 109 Å². The predicted molar refractivity (Wildman–Crippen MR) is 138 cm³/mol. The molecule has 0 spiro atoms. The molecule has 0 saturated heterocycles. The maximum atomic E-state index is 3.56. The van der Waals surface area contributed by atoms with Gasteiger partial charge in [0.05, 0.1) is 0 Å². The minimum atomic E-state index is -0.0243. The lowest BCUT2D eigenvalue weighted by atomic mass is 9.74. The highest BCUT2D eigenvalue weighted by molar-refractivity contribution is 5.61. The van der Waals surface area contributed by atoms with Crippen LogP contribution in [0.25, 0.3) is 0 Å². The van der Waals surface area contributed by atoms with Gasteiger partial charge in [-0.1, -0.05) is 113 Å². The van der Waals surface area contributed by atoms with Crippen LogP contribution in [0.3, 0.4) is 0 Å². The van der Waals surface area contributed by atoms with Crippen molar-refractivity contribution in [3.63, 3.8) is 0 Å². The molecular formula is C31H33N. The molecule has 1 unspecified atom stereocenters. The summed E-state index contributed by atoms with van der Waals surface area (Å²) < 4.78 is 0. The summed E-state index contributed by atoms with van der Waals surface area (Å²) in [7, 11) is 0. The molecular weight excluding hydrogens is 386 g/mol. The Morgan fingerprint density at radius 2 is 0.875 bits per heavy atom. The molecule has 0 bridgehead atoms. The summed E-state index contributed by atoms with van der Waals surface area (Å²) in [6, 6.07) is 39.2. The van der Waals surface area contributed by atoms with Crippen LogP contribution in [0, 0.1) is 0 Å². The van der Waals surface area contributed by atoms with E-state index in [0.29, 0.717) is 0 Å². The first kappa shape index (κ1) is 21.9. The molecule has 0 heterocycles. The smallest absolute Gasteiger partial charge is 0.0384 e. The molecule has 1 heteroatoms. The molecule has 4 rings (SSSR count). The number of hydrogen-bond acceptors (Lipinski definition) is 1. The van der Waals surface area contributed by atoms with E-state index in [9.17, 15) is 0 Å². The highest BCUT2D eigenvalue weighted by Gasteiger charge is 2.26. The number of nitrogens with one attached hydrogen (secondary N) is 1. The molecule has 0 aromatic heterocycles. The first-order valence-electron chi connectivity index (χ1n) is 11.5. The Kier molecular flexibility index (Phi) is 6.19. The van der Waals surface area contributed by atoms with Crippen molar-refractivity contribution in [2.24, 2.45) is 0 Å². The fourth-order valence-electron chi connectivity index (χ4n) is 4.46. The van der Waals surface area contributed by atoms with E-state index in [1.807, 2.05) is 0 Å². The van der Waals surface area contributed by atoms with Gasteiger partial charge in [0.15, 0.2) is 0 Å². The Bertz CT molecular complexity index is 1130. The lowest BCUT2D eigenvalue weighted by molar-refractivity contribution is 0.550. The van der Waals surface area contributed by atoms with Gasteiger partial charge in [0.2, 0.25) is 0 Å². The summed E-state index contributed by atoms with van der Waals surface area (Å²) in [5, 5.41) is 3.56. The molecule has 1 nitrogen and oxygen atoms in total. The summed E-state index contributed by atoms with van der Waals surface area (Å²) >= 11 is 0. The molecule has 1 N–H and O–H groups in total. The fraction of sp³-hybridized carbons (Fsp3) is 0.226. The van der Waals surface area contributed by atoms with Crippen molar-refractivity contribution in [3.8, 4) is 0 Å². The monoisotopic (exact) mass is 419 g/mol. The van der Waals surface area contributed by atoms with Gasteiger partial charge < -0.3 is 5.32 Å². The topological polar surface area (TPSA) is 12.0 Å². The van der Waals surface area contributed by atoms with Gasteiger partial charge in [-0.05, 0) is 52.9 Å². The molecule has 4 aromatic rings. The van der Waals surface area contributed by atoms with Crippen LogP contribution in [-0.2, 0) is 10.8 Å². The second kappa shape index (κ2) is 9.04. The Labute approximate surface area is 193 Å². The average Bonchev–Trinajstić information content (AvgIpc) is 2.85. The summed E-state index contributed by atoms with van der Waals surface area (Å²) in [6.07, 6.45) is 1.06. The van der Waals surface area contributed by atoms with Crippen molar-refractivity contribution in [1.82, 2.24) is 0 Å². The number of benzene rings is 4. The van der Waals surface area contributed by atoms with E-state index in [4.69, 9.17) is 0 Å². The average molecular weight is 420 g/mol. The van der Waals surface area contributed by atoms with Crippen molar-refractivity contribution >= 4 is 11.4 Å². The standard InChI is InChI=1S/C31H33N/c1-5-31(4,26-14-10-7-11-15-26)27-18-22-29(23-19-27)32-28-20-16-25(17-21-28)30(2,3)24-12-8-6-9-13-24/h6-23,32H,5H2,1-4H3. The van der Waals surface area contributed by atoms with Crippen LogP contribution in [-0.4, -0.2) is 0 Å². The summed E-state index contributed by atoms with van der Waals surface area (Å²) in [4.78, 5) is 0. The lowest BCUT2D eigenvalue weighted by Gasteiger charge is -2.30. The zero-order valence-corrected chi connectivity index (χ0v) is 19.6. The van der Waals surface area contributed by atoms with Crippen LogP contribution in [0.5, 0.6) is 0 Å². The van der Waals surface area contributed by atoms with Gasteiger partial charge >= 0.3 is 0 Å². The predicted octanol–water partition coefficient (Wildman–Crippen LogP) is 8.47. The second-order valence-corrected chi connectivity index (χ2v) is 9.32. The van der Waals surface area contributed by atoms with Crippen molar-refractivity contribution < 1.29 is 0 Å². The molecule has 0 radical (unpaired) electrons. The zero-order valence-electron chi connectivity index (χ0n) is 19.6. The minimum Gasteiger partial charge on any atom is -0.356 e. The Morgan fingerprint density at radius 1 is 0.500 bits per heavy atom. The number of rotatable bonds is 7. The van der Waals surface area contributed by atoms with Crippen LogP contribution in [0.2, 0.25) is 0 Å². The van der Waals surface area contributed by atoms with Crippen molar-refractivity contribution in [2.45, 2.75) is 44.9 Å². The van der Waals surface area contributed by atoms with Gasteiger partial charge in [0.25, 0.3) is 0 Å². The van der Waals surface area contributed by atoms with Gasteiger partial charge in [-0.15, -0.1) is 0 Å². The Morgan fingerprint density at radius 3 is 1.34 bits per heavy atom. The molecule has 0 aliphatic heterocycles. The van der Waals surface area contributed by atoms with E-state index >= 15 is 0 Å². The molecule has 32 heavy (non-hydrogen) atoms. The van der Waals surface area contributed by atoms with Gasteiger partial charge in [-0.2, -0.15) is 0 Å². The number of anilines is 2. The maximum absolute atomic E-state index is 3.56. The third-order valence-corrected chi connectivity index (χ3v) is 7.03. The normalized spacial score (nSPS) is 13.4. The van der Waals surface area contributed by atoms with E-state index in [1.54, 1.807) is 0 Å². The first-order chi connectivity index (χ1) is 15.4. The molecule has 0 saturated carbocycles.